The van der Waals surface area contributed by atoms with Crippen LogP contribution in [0.25, 0.3) is 0 Å². The van der Waals surface area contributed by atoms with Crippen LogP contribution in [0.15, 0.2) is 29.4 Å². The number of fused-ring (bicyclic) bond motifs is 2. The number of hydrogen-bond donors (Lipinski definition) is 2. The lowest BCUT2D eigenvalue weighted by Gasteiger charge is -2.33. The fourth-order valence-corrected chi connectivity index (χ4v) is 7.19. The number of nitrogens with one attached hydrogen (secondary N) is 2. The summed E-state index contributed by atoms with van der Waals surface area (Å²) >= 11 is 0. The average molecular weight is 517 g/mol. The number of rotatable bonds is 10. The van der Waals surface area contributed by atoms with E-state index in [2.05, 4.69) is 30.5 Å². The summed E-state index contributed by atoms with van der Waals surface area (Å²) in [5.41, 5.74) is 5.68. The second-order valence-corrected chi connectivity index (χ2v) is 12.3. The van der Waals surface area contributed by atoms with Crippen molar-refractivity contribution in [2.45, 2.75) is 135 Å². The maximum absolute atomic E-state index is 14.3. The molecule has 1 aromatic rings. The van der Waals surface area contributed by atoms with E-state index in [0.29, 0.717) is 40.3 Å². The molecule has 4 aliphatic rings. The zero-order valence-corrected chi connectivity index (χ0v) is 23.8. The molecule has 206 valence electrons. The predicted octanol–water partition coefficient (Wildman–Crippen LogP) is 8.96. The third-order valence-electron chi connectivity index (χ3n) is 9.48. The van der Waals surface area contributed by atoms with Crippen LogP contribution >= 0.6 is 0 Å². The fourth-order valence-electron chi connectivity index (χ4n) is 7.19. The van der Waals surface area contributed by atoms with Gasteiger partial charge in [-0.05, 0) is 62.5 Å². The number of carbonyl (C=O) groups is 2. The van der Waals surface area contributed by atoms with Crippen LogP contribution in [0.5, 0.6) is 0 Å². The molecule has 1 aromatic carbocycles. The van der Waals surface area contributed by atoms with Gasteiger partial charge in [0.25, 0.3) is 0 Å². The minimum atomic E-state index is 0.0418. The molecule has 0 aromatic heterocycles. The van der Waals surface area contributed by atoms with Crippen molar-refractivity contribution < 1.29 is 9.59 Å². The van der Waals surface area contributed by atoms with E-state index in [0.717, 1.165) is 62.7 Å². The smallest absolute Gasteiger partial charge is 0.196 e. The highest BCUT2D eigenvalue weighted by Gasteiger charge is 2.39. The first-order chi connectivity index (χ1) is 18.6. The van der Waals surface area contributed by atoms with Gasteiger partial charge in [-0.3, -0.25) is 9.59 Å². The molecule has 1 unspecified atom stereocenters. The Morgan fingerprint density at radius 1 is 0.789 bits per heavy atom. The van der Waals surface area contributed by atoms with Crippen molar-refractivity contribution in [2.75, 3.05) is 10.6 Å². The SMILES string of the molecule is CCCCC(CC)Cc1cc(NC2CCCCC2)c2c(c1NC1CCCCC1)C(=O)C1=CCCC=C1C2=O. The van der Waals surface area contributed by atoms with Crippen LogP contribution in [-0.2, 0) is 6.42 Å². The Labute approximate surface area is 230 Å². The highest BCUT2D eigenvalue weighted by atomic mass is 16.1. The Bertz CT molecular complexity index is 1090. The van der Waals surface area contributed by atoms with E-state index in [1.165, 1.54) is 63.4 Å². The van der Waals surface area contributed by atoms with Crippen molar-refractivity contribution in [1.29, 1.82) is 0 Å². The van der Waals surface area contributed by atoms with E-state index < -0.39 is 0 Å². The second kappa shape index (κ2) is 12.7. The van der Waals surface area contributed by atoms with E-state index in [1.54, 1.807) is 0 Å². The predicted molar refractivity (Wildman–Crippen MR) is 159 cm³/mol. The van der Waals surface area contributed by atoms with Gasteiger partial charge in [0, 0.05) is 34.6 Å². The number of anilines is 2. The first-order valence-corrected chi connectivity index (χ1v) is 15.8. The molecule has 4 heteroatoms. The second-order valence-electron chi connectivity index (χ2n) is 12.3. The third-order valence-corrected chi connectivity index (χ3v) is 9.48. The van der Waals surface area contributed by atoms with E-state index in [9.17, 15) is 9.59 Å². The number of ketones is 2. The van der Waals surface area contributed by atoms with Crippen molar-refractivity contribution >= 4 is 22.9 Å². The molecule has 4 nitrogen and oxygen atoms in total. The molecule has 4 aliphatic carbocycles. The van der Waals surface area contributed by atoms with Gasteiger partial charge in [0.05, 0.1) is 11.1 Å². The van der Waals surface area contributed by atoms with Gasteiger partial charge in [0.2, 0.25) is 0 Å². The number of allylic oxidation sites excluding steroid dienone is 4. The van der Waals surface area contributed by atoms with Crippen LogP contribution in [0.2, 0.25) is 0 Å². The van der Waals surface area contributed by atoms with E-state index >= 15 is 0 Å². The van der Waals surface area contributed by atoms with Gasteiger partial charge >= 0.3 is 0 Å². The molecule has 0 heterocycles. The molecule has 5 rings (SSSR count). The molecule has 0 radical (unpaired) electrons. The average Bonchev–Trinajstić information content (AvgIpc) is 2.96. The van der Waals surface area contributed by atoms with Crippen LogP contribution in [0.3, 0.4) is 0 Å². The summed E-state index contributed by atoms with van der Waals surface area (Å²) in [5, 5.41) is 7.71. The molecular weight excluding hydrogens is 468 g/mol. The van der Waals surface area contributed by atoms with Crippen molar-refractivity contribution in [3.05, 3.63) is 46.1 Å². The zero-order chi connectivity index (χ0) is 26.5. The molecule has 2 saturated carbocycles. The third kappa shape index (κ3) is 5.80. The molecule has 38 heavy (non-hydrogen) atoms. The highest BCUT2D eigenvalue weighted by Crippen LogP contribution is 2.44. The molecule has 1 atom stereocenters. The maximum atomic E-state index is 14.3. The number of benzene rings is 1. The van der Waals surface area contributed by atoms with Gasteiger partial charge in [-0.25, -0.2) is 0 Å². The molecular formula is C34H48N2O2. The fraction of sp³-hybridized carbons (Fsp3) is 0.647. The molecule has 0 aliphatic heterocycles. The van der Waals surface area contributed by atoms with Crippen molar-refractivity contribution in [3.8, 4) is 0 Å². The molecule has 2 N–H and O–H groups in total. The molecule has 0 bridgehead atoms. The summed E-state index contributed by atoms with van der Waals surface area (Å²) in [6.45, 7) is 4.56. The minimum Gasteiger partial charge on any atom is -0.382 e. The zero-order valence-electron chi connectivity index (χ0n) is 23.8. The minimum absolute atomic E-state index is 0.0418. The van der Waals surface area contributed by atoms with E-state index in [4.69, 9.17) is 0 Å². The highest BCUT2D eigenvalue weighted by molar-refractivity contribution is 6.34. The molecule has 0 spiro atoms. The standard InChI is InChI=1S/C34H48N2O2/c1-3-5-14-23(4-2)21-24-22-29(35-25-15-8-6-9-16-25)30-31(32(24)36-26-17-10-7-11-18-26)34(38)28-20-13-12-19-27(28)33(30)37/h19-20,22-23,25-26,35-36H,3-18,21H2,1-2H3. The van der Waals surface area contributed by atoms with Crippen LogP contribution in [-0.4, -0.2) is 23.7 Å². The summed E-state index contributed by atoms with van der Waals surface area (Å²) < 4.78 is 0. The van der Waals surface area contributed by atoms with Gasteiger partial charge in [-0.15, -0.1) is 0 Å². The summed E-state index contributed by atoms with van der Waals surface area (Å²) in [4.78, 5) is 28.4. The Morgan fingerprint density at radius 3 is 1.95 bits per heavy atom. The number of hydrogen-bond acceptors (Lipinski definition) is 4. The first kappa shape index (κ1) is 27.2. The molecule has 0 amide bonds. The lowest BCUT2D eigenvalue weighted by Crippen LogP contribution is -2.32. The van der Waals surface area contributed by atoms with Crippen LogP contribution in [0.4, 0.5) is 11.4 Å². The van der Waals surface area contributed by atoms with Gasteiger partial charge in [0.1, 0.15) is 0 Å². The van der Waals surface area contributed by atoms with Gasteiger partial charge in [0.15, 0.2) is 11.6 Å². The van der Waals surface area contributed by atoms with Crippen molar-refractivity contribution in [1.82, 2.24) is 0 Å². The lowest BCUT2D eigenvalue weighted by atomic mass is 9.76. The van der Waals surface area contributed by atoms with E-state index in [-0.39, 0.29) is 11.6 Å². The maximum Gasteiger partial charge on any atom is 0.196 e. The first-order valence-electron chi connectivity index (χ1n) is 15.8. The Balaban J connectivity index is 1.64. The Kier molecular flexibility index (Phi) is 9.07. The molecule has 2 fully saturated rings. The largest absolute Gasteiger partial charge is 0.382 e. The number of unbranched alkanes of at least 4 members (excludes halogenated alkanes) is 1. The topological polar surface area (TPSA) is 58.2 Å². The number of Topliss-reactive ketones (excluding diaryl/α,β-unsaturated/α-hetero) is 2. The van der Waals surface area contributed by atoms with E-state index in [1.807, 2.05) is 12.2 Å². The van der Waals surface area contributed by atoms with Crippen LogP contribution in [0.1, 0.15) is 143 Å². The van der Waals surface area contributed by atoms with Crippen LogP contribution < -0.4 is 10.6 Å². The quantitative estimate of drug-likeness (QED) is 0.326. The Morgan fingerprint density at radius 2 is 1.37 bits per heavy atom. The summed E-state index contributed by atoms with van der Waals surface area (Å²) in [5.74, 6) is 0.681. The van der Waals surface area contributed by atoms with Gasteiger partial charge < -0.3 is 10.6 Å². The summed E-state index contributed by atoms with van der Waals surface area (Å²) in [6, 6.07) is 3.02. The molecule has 0 saturated heterocycles. The summed E-state index contributed by atoms with van der Waals surface area (Å²) in [6.07, 6.45) is 23.5. The van der Waals surface area contributed by atoms with Gasteiger partial charge in [-0.1, -0.05) is 90.2 Å². The Hall–Kier alpha value is -2.36. The monoisotopic (exact) mass is 516 g/mol. The normalized spacial score (nSPS) is 21.3. The van der Waals surface area contributed by atoms with Gasteiger partial charge in [-0.2, -0.15) is 0 Å². The lowest BCUT2D eigenvalue weighted by molar-refractivity contribution is 0.0972. The number of carbonyl (C=O) groups excluding carboxylic acids is 2. The summed E-state index contributed by atoms with van der Waals surface area (Å²) in [7, 11) is 0. The van der Waals surface area contributed by atoms with Crippen LogP contribution in [0, 0.1) is 5.92 Å². The van der Waals surface area contributed by atoms with Crippen molar-refractivity contribution in [3.63, 3.8) is 0 Å². The van der Waals surface area contributed by atoms with Crippen molar-refractivity contribution in [2.24, 2.45) is 5.92 Å².